The second-order valence-electron chi connectivity index (χ2n) is 4.43. The summed E-state index contributed by atoms with van der Waals surface area (Å²) in [7, 11) is 3.49. The molecule has 1 atom stereocenters. The van der Waals surface area contributed by atoms with Crippen LogP contribution in [-0.4, -0.2) is 37.6 Å². The van der Waals surface area contributed by atoms with E-state index in [-0.39, 0.29) is 11.9 Å². The Balaban J connectivity index is 2.09. The predicted molar refractivity (Wildman–Crippen MR) is 67.4 cm³/mol. The van der Waals surface area contributed by atoms with E-state index in [2.05, 4.69) is 5.32 Å². The van der Waals surface area contributed by atoms with E-state index in [1.165, 1.54) is 0 Å². The Bertz CT molecular complexity index is 431. The molecule has 1 heterocycles. The first-order valence-corrected chi connectivity index (χ1v) is 5.78. The SMILES string of the molecule is COc1ccc(NC2CCN(C)C2=O)cc1C. The minimum absolute atomic E-state index is 0.0900. The third-order valence-electron chi connectivity index (χ3n) is 3.16. The summed E-state index contributed by atoms with van der Waals surface area (Å²) in [6, 6.07) is 5.77. The highest BCUT2D eigenvalue weighted by atomic mass is 16.5. The molecule has 0 bridgehead atoms. The molecular formula is C13H18N2O2. The Kier molecular flexibility index (Phi) is 3.22. The number of carbonyl (C=O) groups is 1. The molecule has 1 fully saturated rings. The fourth-order valence-electron chi connectivity index (χ4n) is 2.13. The van der Waals surface area contributed by atoms with Crippen LogP contribution in [0.1, 0.15) is 12.0 Å². The van der Waals surface area contributed by atoms with Crippen LogP contribution in [0.25, 0.3) is 0 Å². The predicted octanol–water partition coefficient (Wildman–Crippen LogP) is 1.65. The first-order chi connectivity index (χ1) is 8.11. The number of likely N-dealkylation sites (tertiary alicyclic amines) is 1. The maximum Gasteiger partial charge on any atom is 0.244 e. The van der Waals surface area contributed by atoms with Gasteiger partial charge in [0.2, 0.25) is 5.91 Å². The molecule has 4 nitrogen and oxygen atoms in total. The molecule has 4 heteroatoms. The maximum atomic E-state index is 11.8. The summed E-state index contributed by atoms with van der Waals surface area (Å²) in [6.07, 6.45) is 0.862. The molecule has 0 saturated carbocycles. The lowest BCUT2D eigenvalue weighted by Crippen LogP contribution is -2.30. The molecule has 0 aromatic heterocycles. The molecule has 0 radical (unpaired) electrons. The van der Waals surface area contributed by atoms with Crippen LogP contribution in [0.5, 0.6) is 5.75 Å². The molecule has 0 aliphatic carbocycles. The van der Waals surface area contributed by atoms with E-state index in [0.29, 0.717) is 0 Å². The number of methoxy groups -OCH3 is 1. The Morgan fingerprint density at radius 3 is 2.76 bits per heavy atom. The van der Waals surface area contributed by atoms with Crippen molar-refractivity contribution in [2.24, 2.45) is 0 Å². The monoisotopic (exact) mass is 234 g/mol. The number of rotatable bonds is 3. The highest BCUT2D eigenvalue weighted by Gasteiger charge is 2.28. The van der Waals surface area contributed by atoms with Crippen molar-refractivity contribution in [3.05, 3.63) is 23.8 Å². The summed E-state index contributed by atoms with van der Waals surface area (Å²) in [5, 5.41) is 3.27. The first-order valence-electron chi connectivity index (χ1n) is 5.78. The quantitative estimate of drug-likeness (QED) is 0.864. The lowest BCUT2D eigenvalue weighted by atomic mass is 10.1. The van der Waals surface area contributed by atoms with Crippen molar-refractivity contribution in [1.82, 2.24) is 4.90 Å². The van der Waals surface area contributed by atoms with Gasteiger partial charge in [-0.2, -0.15) is 0 Å². The molecule has 1 unspecified atom stereocenters. The van der Waals surface area contributed by atoms with Gasteiger partial charge in [0, 0.05) is 19.3 Å². The van der Waals surface area contributed by atoms with Gasteiger partial charge < -0.3 is 15.0 Å². The van der Waals surface area contributed by atoms with Crippen LogP contribution in [0, 0.1) is 6.92 Å². The summed E-state index contributed by atoms with van der Waals surface area (Å²) in [5.41, 5.74) is 2.04. The number of nitrogens with zero attached hydrogens (tertiary/aromatic N) is 1. The number of hydrogen-bond acceptors (Lipinski definition) is 3. The van der Waals surface area contributed by atoms with Gasteiger partial charge in [-0.1, -0.05) is 0 Å². The number of amides is 1. The van der Waals surface area contributed by atoms with E-state index >= 15 is 0 Å². The molecule has 0 spiro atoms. The van der Waals surface area contributed by atoms with Gasteiger partial charge in [0.05, 0.1) is 7.11 Å². The molecule has 1 aliphatic heterocycles. The van der Waals surface area contributed by atoms with Crippen molar-refractivity contribution in [3.8, 4) is 5.75 Å². The smallest absolute Gasteiger partial charge is 0.244 e. The van der Waals surface area contributed by atoms with Gasteiger partial charge in [-0.05, 0) is 37.1 Å². The molecule has 1 aromatic rings. The van der Waals surface area contributed by atoms with E-state index in [0.717, 1.165) is 30.0 Å². The Labute approximate surface area is 102 Å². The average molecular weight is 234 g/mol. The number of ether oxygens (including phenoxy) is 1. The van der Waals surface area contributed by atoms with Crippen LogP contribution in [-0.2, 0) is 4.79 Å². The van der Waals surface area contributed by atoms with Crippen LogP contribution in [0.2, 0.25) is 0 Å². The number of hydrogen-bond donors (Lipinski definition) is 1. The average Bonchev–Trinajstić information content (AvgIpc) is 2.61. The lowest BCUT2D eigenvalue weighted by molar-refractivity contribution is -0.127. The van der Waals surface area contributed by atoms with Crippen molar-refractivity contribution >= 4 is 11.6 Å². The lowest BCUT2D eigenvalue weighted by Gasteiger charge is -2.14. The van der Waals surface area contributed by atoms with Gasteiger partial charge >= 0.3 is 0 Å². The highest BCUT2D eigenvalue weighted by Crippen LogP contribution is 2.23. The van der Waals surface area contributed by atoms with Crippen LogP contribution in [0.15, 0.2) is 18.2 Å². The minimum Gasteiger partial charge on any atom is -0.496 e. The van der Waals surface area contributed by atoms with Gasteiger partial charge in [0.1, 0.15) is 11.8 Å². The number of nitrogens with one attached hydrogen (secondary N) is 1. The zero-order valence-electron chi connectivity index (χ0n) is 10.5. The summed E-state index contributed by atoms with van der Waals surface area (Å²) in [6.45, 7) is 2.82. The normalized spacial score (nSPS) is 19.6. The molecule has 17 heavy (non-hydrogen) atoms. The van der Waals surface area contributed by atoms with Gasteiger partial charge in [-0.15, -0.1) is 0 Å². The van der Waals surface area contributed by atoms with Gasteiger partial charge in [0.15, 0.2) is 0 Å². The second-order valence-corrected chi connectivity index (χ2v) is 4.43. The fraction of sp³-hybridized carbons (Fsp3) is 0.462. The summed E-state index contributed by atoms with van der Waals surface area (Å²) in [4.78, 5) is 13.5. The van der Waals surface area contributed by atoms with Crippen molar-refractivity contribution in [2.75, 3.05) is 26.0 Å². The highest BCUT2D eigenvalue weighted by molar-refractivity contribution is 5.86. The van der Waals surface area contributed by atoms with Gasteiger partial charge in [-0.25, -0.2) is 0 Å². The third-order valence-corrected chi connectivity index (χ3v) is 3.16. The molecular weight excluding hydrogens is 216 g/mol. The van der Waals surface area contributed by atoms with Crippen LogP contribution in [0.4, 0.5) is 5.69 Å². The number of benzene rings is 1. The molecule has 1 aromatic carbocycles. The van der Waals surface area contributed by atoms with E-state index in [1.807, 2.05) is 32.2 Å². The summed E-state index contributed by atoms with van der Waals surface area (Å²) < 4.78 is 5.21. The van der Waals surface area contributed by atoms with E-state index in [4.69, 9.17) is 4.74 Å². The largest absolute Gasteiger partial charge is 0.496 e. The second kappa shape index (κ2) is 4.65. The Hall–Kier alpha value is -1.71. The topological polar surface area (TPSA) is 41.6 Å². The number of likely N-dealkylation sites (N-methyl/N-ethyl adjacent to an activating group) is 1. The van der Waals surface area contributed by atoms with E-state index < -0.39 is 0 Å². The number of carbonyl (C=O) groups excluding carboxylic acids is 1. The van der Waals surface area contributed by atoms with Gasteiger partial charge in [0.25, 0.3) is 0 Å². The molecule has 2 rings (SSSR count). The van der Waals surface area contributed by atoms with E-state index in [1.54, 1.807) is 12.0 Å². The molecule has 1 saturated heterocycles. The van der Waals surface area contributed by atoms with Crippen molar-refractivity contribution in [1.29, 1.82) is 0 Å². The molecule has 1 N–H and O–H groups in total. The minimum atomic E-state index is -0.0900. The zero-order valence-corrected chi connectivity index (χ0v) is 10.5. The Morgan fingerprint density at radius 1 is 1.47 bits per heavy atom. The van der Waals surface area contributed by atoms with E-state index in [9.17, 15) is 4.79 Å². The zero-order chi connectivity index (χ0) is 12.4. The standard InChI is InChI=1S/C13H18N2O2/c1-9-8-10(4-5-12(9)17-3)14-11-6-7-15(2)13(11)16/h4-5,8,11,14H,6-7H2,1-3H3. The summed E-state index contributed by atoms with van der Waals surface area (Å²) >= 11 is 0. The molecule has 1 aliphatic rings. The molecule has 1 amide bonds. The third kappa shape index (κ3) is 2.35. The van der Waals surface area contributed by atoms with Crippen LogP contribution >= 0.6 is 0 Å². The Morgan fingerprint density at radius 2 is 2.24 bits per heavy atom. The van der Waals surface area contributed by atoms with Crippen molar-refractivity contribution < 1.29 is 9.53 Å². The van der Waals surface area contributed by atoms with Crippen molar-refractivity contribution in [3.63, 3.8) is 0 Å². The van der Waals surface area contributed by atoms with Crippen molar-refractivity contribution in [2.45, 2.75) is 19.4 Å². The number of anilines is 1. The first kappa shape index (κ1) is 11.8. The fourth-order valence-corrected chi connectivity index (χ4v) is 2.13. The number of aryl methyl sites for hydroxylation is 1. The summed E-state index contributed by atoms with van der Waals surface area (Å²) in [5.74, 6) is 1.03. The van der Waals surface area contributed by atoms with Gasteiger partial charge in [-0.3, -0.25) is 4.79 Å². The van der Waals surface area contributed by atoms with Crippen LogP contribution in [0.3, 0.4) is 0 Å². The maximum absolute atomic E-state index is 11.8. The van der Waals surface area contributed by atoms with Crippen LogP contribution < -0.4 is 10.1 Å². The molecule has 92 valence electrons.